The monoisotopic (exact) mass is 661 g/mol. The number of amides is 1. The molecule has 0 fully saturated rings. The lowest BCUT2D eigenvalue weighted by Gasteiger charge is -2.10. The molecule has 0 spiro atoms. The minimum absolute atomic E-state index is 0.210. The third-order valence-corrected chi connectivity index (χ3v) is 7.98. The van der Waals surface area contributed by atoms with E-state index in [1.165, 1.54) is 0 Å². The molecule has 0 unspecified atom stereocenters. The van der Waals surface area contributed by atoms with Gasteiger partial charge in [0.15, 0.2) is 22.5 Å². The third kappa shape index (κ3) is 7.78. The van der Waals surface area contributed by atoms with Crippen LogP contribution in [0.25, 0.3) is 0 Å². The highest BCUT2D eigenvalue weighted by Crippen LogP contribution is 2.39. The van der Waals surface area contributed by atoms with Crippen molar-refractivity contribution >= 4 is 88.1 Å². The molecule has 8 N–H and O–H groups in total. The maximum atomic E-state index is 12.2. The molecule has 0 bridgehead atoms. The molecule has 0 radical (unpaired) electrons. The Morgan fingerprint density at radius 3 is 1.81 bits per heavy atom. The van der Waals surface area contributed by atoms with Gasteiger partial charge in [0.05, 0.1) is 10.6 Å². The number of benzene rings is 2. The topological polar surface area (TPSA) is 319 Å². The van der Waals surface area contributed by atoms with Crippen LogP contribution in [-0.4, -0.2) is 61.0 Å². The zero-order valence-corrected chi connectivity index (χ0v) is 24.3. The molecule has 19 nitrogen and oxygen atoms in total. The molecule has 1 amide bonds. The summed E-state index contributed by atoms with van der Waals surface area (Å²) in [5, 5.41) is 17.2. The summed E-state index contributed by atoms with van der Waals surface area (Å²) < 4.78 is 99.5. The highest BCUT2D eigenvalue weighted by Gasteiger charge is 2.23. The highest BCUT2D eigenvalue weighted by molar-refractivity contribution is 7.98. The number of thioether (sulfide) groups is 1. The Balaban J connectivity index is 2.26. The van der Waals surface area contributed by atoms with Crippen molar-refractivity contribution in [1.82, 2.24) is 9.97 Å². The van der Waals surface area contributed by atoms with Gasteiger partial charge in [0, 0.05) is 6.92 Å². The molecule has 0 aliphatic rings. The van der Waals surface area contributed by atoms with Crippen molar-refractivity contribution in [2.75, 3.05) is 23.0 Å². The largest absolute Gasteiger partial charge is 0.382 e. The van der Waals surface area contributed by atoms with Crippen molar-refractivity contribution < 1.29 is 43.7 Å². The average Bonchev–Trinajstić information content (AvgIpc) is 2.85. The van der Waals surface area contributed by atoms with E-state index in [0.29, 0.717) is 24.3 Å². The summed E-state index contributed by atoms with van der Waals surface area (Å²) in [6.07, 6.45) is 1.66. The summed E-state index contributed by atoms with van der Waals surface area (Å²) in [6.45, 7) is 1.07. The molecule has 2 aromatic carbocycles. The van der Waals surface area contributed by atoms with Crippen LogP contribution >= 0.6 is 11.8 Å². The number of nitrogens with two attached hydrogens (primary N) is 2. The number of nitrogens with zero attached hydrogens (tertiary/aromatic N) is 6. The fraction of sp³-hybridized carbons (Fsp3) is 0.105. The summed E-state index contributed by atoms with van der Waals surface area (Å²) in [7, 11) is -15.0. The quantitative estimate of drug-likeness (QED) is 0.0830. The fourth-order valence-corrected chi connectivity index (χ4v) is 5.15. The second-order valence-electron chi connectivity index (χ2n) is 7.80. The van der Waals surface area contributed by atoms with Gasteiger partial charge in [0.25, 0.3) is 30.4 Å². The first-order valence-corrected chi connectivity index (χ1v) is 16.2. The first-order valence-electron chi connectivity index (χ1n) is 10.6. The molecule has 42 heavy (non-hydrogen) atoms. The van der Waals surface area contributed by atoms with Gasteiger partial charge in [-0.2, -0.15) is 25.3 Å². The maximum absolute atomic E-state index is 12.2. The molecule has 0 saturated heterocycles. The fourth-order valence-electron chi connectivity index (χ4n) is 3.04. The van der Waals surface area contributed by atoms with Gasteiger partial charge in [-0.15, -0.1) is 20.5 Å². The van der Waals surface area contributed by atoms with Gasteiger partial charge in [-0.3, -0.25) is 18.5 Å². The van der Waals surface area contributed by atoms with Crippen molar-refractivity contribution in [3.63, 3.8) is 0 Å². The van der Waals surface area contributed by atoms with E-state index in [2.05, 4.69) is 35.7 Å². The number of nitrogen functional groups attached to an aromatic ring is 2. The van der Waals surface area contributed by atoms with Crippen LogP contribution in [0.1, 0.15) is 6.92 Å². The van der Waals surface area contributed by atoms with E-state index in [1.807, 2.05) is 0 Å². The summed E-state index contributed by atoms with van der Waals surface area (Å²) >= 11 is 1.13. The molecule has 0 aliphatic carbocycles. The molecule has 224 valence electrons. The van der Waals surface area contributed by atoms with E-state index >= 15 is 0 Å². The Bertz CT molecular complexity index is 1960. The number of carbonyl (C=O) groups is 1. The SMILES string of the molecule is CSc1nc(N)c(/N=N/c2cc(NC(C)=O)c(/N=N/c3cc(S(=O)(=O)O)ccc3S(=O)(=O)O)cc2S(=O)(=O)O)c(N)n1. The predicted octanol–water partition coefficient (Wildman–Crippen LogP) is 2.89. The lowest BCUT2D eigenvalue weighted by Crippen LogP contribution is -2.07. The van der Waals surface area contributed by atoms with Gasteiger partial charge >= 0.3 is 0 Å². The zero-order chi connectivity index (χ0) is 31.6. The van der Waals surface area contributed by atoms with Gasteiger partial charge < -0.3 is 16.8 Å². The predicted molar refractivity (Wildman–Crippen MR) is 148 cm³/mol. The average molecular weight is 662 g/mol. The Morgan fingerprint density at radius 1 is 0.786 bits per heavy atom. The van der Waals surface area contributed by atoms with Crippen LogP contribution < -0.4 is 16.8 Å². The van der Waals surface area contributed by atoms with Crippen molar-refractivity contribution in [3.8, 4) is 0 Å². The number of rotatable bonds is 9. The van der Waals surface area contributed by atoms with E-state index < -0.39 is 68.0 Å². The Kier molecular flexibility index (Phi) is 9.25. The number of nitrogens with one attached hydrogen (secondary N) is 1. The molecule has 3 aromatic rings. The molecule has 0 atom stereocenters. The van der Waals surface area contributed by atoms with Crippen molar-refractivity contribution in [2.45, 2.75) is 26.8 Å². The third-order valence-electron chi connectivity index (χ3n) is 4.80. The van der Waals surface area contributed by atoms with E-state index in [9.17, 15) is 43.7 Å². The summed E-state index contributed by atoms with van der Waals surface area (Å²) in [5.41, 5.74) is 9.19. The minimum atomic E-state index is -5.09. The Hall–Kier alpha value is -4.13. The van der Waals surface area contributed by atoms with E-state index in [4.69, 9.17) is 11.5 Å². The second-order valence-corrected chi connectivity index (χ2v) is 12.8. The van der Waals surface area contributed by atoms with E-state index in [-0.39, 0.29) is 28.2 Å². The molecule has 0 aliphatic heterocycles. The summed E-state index contributed by atoms with van der Waals surface area (Å²) in [5.74, 6) is -1.13. The highest BCUT2D eigenvalue weighted by atomic mass is 32.2. The zero-order valence-electron chi connectivity index (χ0n) is 21.1. The summed E-state index contributed by atoms with van der Waals surface area (Å²) in [6, 6.07) is 3.38. The molecular formula is C19H19N9O10S4. The van der Waals surface area contributed by atoms with Crippen LogP contribution in [0.3, 0.4) is 0 Å². The van der Waals surface area contributed by atoms with Crippen LogP contribution in [0, 0.1) is 0 Å². The van der Waals surface area contributed by atoms with Crippen LogP contribution in [-0.2, 0) is 35.1 Å². The maximum Gasteiger partial charge on any atom is 0.296 e. The van der Waals surface area contributed by atoms with Gasteiger partial charge in [-0.05, 0) is 36.6 Å². The van der Waals surface area contributed by atoms with Crippen LogP contribution in [0.15, 0.2) is 70.6 Å². The normalized spacial score (nSPS) is 12.7. The number of hydrogen-bond acceptors (Lipinski definition) is 16. The van der Waals surface area contributed by atoms with Gasteiger partial charge in [-0.1, -0.05) is 11.8 Å². The molecular weight excluding hydrogens is 643 g/mol. The number of carbonyl (C=O) groups excluding carboxylic acids is 1. The van der Waals surface area contributed by atoms with E-state index in [1.54, 1.807) is 6.26 Å². The van der Waals surface area contributed by atoms with Crippen molar-refractivity contribution in [1.29, 1.82) is 0 Å². The van der Waals surface area contributed by atoms with Crippen molar-refractivity contribution in [3.05, 3.63) is 30.3 Å². The Morgan fingerprint density at radius 2 is 1.31 bits per heavy atom. The molecule has 23 heteroatoms. The van der Waals surface area contributed by atoms with Gasteiger partial charge in [-0.25, -0.2) is 9.97 Å². The second kappa shape index (κ2) is 12.0. The summed E-state index contributed by atoms with van der Waals surface area (Å²) in [4.78, 5) is 17.0. The lowest BCUT2D eigenvalue weighted by atomic mass is 10.2. The molecule has 1 heterocycles. The standard InChI is InChI=1S/C19H19N9O10S4/c1-8(29)22-10-6-13(27-28-16-17(20)23-19(39-2)24-18(16)21)15(42(36,37)38)7-11(10)25-26-12-5-9(40(30,31)32)3-4-14(12)41(33,34)35/h3-7H,1-2H3,(H,22,29)(H,30,31,32)(H,33,34,35)(H,36,37,38)(H4,20,21,23,24)/b26-25+,28-27+. The van der Waals surface area contributed by atoms with E-state index in [0.717, 1.165) is 24.8 Å². The molecule has 1 aromatic heterocycles. The number of anilines is 3. The Labute approximate surface area is 241 Å². The molecule has 3 rings (SSSR count). The van der Waals surface area contributed by atoms with Gasteiger partial charge in [0.1, 0.15) is 26.9 Å². The number of aromatic nitrogens is 2. The lowest BCUT2D eigenvalue weighted by molar-refractivity contribution is -0.114. The van der Waals surface area contributed by atoms with Crippen molar-refractivity contribution in [2.24, 2.45) is 20.5 Å². The molecule has 0 saturated carbocycles. The minimum Gasteiger partial charge on any atom is -0.382 e. The smallest absolute Gasteiger partial charge is 0.296 e. The van der Waals surface area contributed by atoms with Gasteiger partial charge in [0.2, 0.25) is 5.91 Å². The van der Waals surface area contributed by atoms with Crippen LogP contribution in [0.2, 0.25) is 0 Å². The first-order chi connectivity index (χ1) is 19.3. The van der Waals surface area contributed by atoms with Crippen LogP contribution in [0.4, 0.5) is 40.1 Å². The van der Waals surface area contributed by atoms with Crippen LogP contribution in [0.5, 0.6) is 0 Å². The number of hydrogen-bond donors (Lipinski definition) is 6. The first kappa shape index (κ1) is 32.4. The number of azo groups is 2.